The Morgan fingerprint density at radius 1 is 0.544 bits per heavy atom. The SMILES string of the molecule is COC1=C(n2c3ccc(-c4ccccc4)cc3c3cc(-c4ccccc4)ccc32)C=CCC1c1ccc(C2=N/C(c3ccccc3)=N\C=C/C=C\C=C\C=N\2)cc1. The average Bonchev–Trinajstić information content (AvgIpc) is 3.60. The van der Waals surface area contributed by atoms with Crippen LogP contribution in [-0.4, -0.2) is 29.6 Å². The number of hydrogen-bond acceptors (Lipinski definition) is 4. The number of fused-ring (bicyclic) bond motifs is 3. The normalized spacial score (nSPS) is 19.8. The summed E-state index contributed by atoms with van der Waals surface area (Å²) in [6.07, 6.45) is 18.4. The monoisotopic (exact) mass is 736 g/mol. The summed E-state index contributed by atoms with van der Waals surface area (Å²) in [4.78, 5) is 14.5. The molecule has 5 heteroatoms. The molecule has 1 aliphatic heterocycles. The summed E-state index contributed by atoms with van der Waals surface area (Å²) >= 11 is 0. The van der Waals surface area contributed by atoms with Gasteiger partial charge in [0.15, 0.2) is 11.7 Å². The van der Waals surface area contributed by atoms with Crippen molar-refractivity contribution in [2.75, 3.05) is 7.11 Å². The number of aromatic nitrogens is 1. The van der Waals surface area contributed by atoms with Gasteiger partial charge in [0.05, 0.1) is 23.8 Å². The van der Waals surface area contributed by atoms with Gasteiger partial charge in [0, 0.05) is 40.2 Å². The molecule has 0 amide bonds. The summed E-state index contributed by atoms with van der Waals surface area (Å²) in [5, 5.41) is 2.40. The summed E-state index contributed by atoms with van der Waals surface area (Å²) < 4.78 is 8.77. The molecule has 2 aliphatic rings. The molecule has 0 radical (unpaired) electrons. The lowest BCUT2D eigenvalue weighted by molar-refractivity contribution is 0.264. The average molecular weight is 737 g/mol. The highest BCUT2D eigenvalue weighted by molar-refractivity contribution is 6.14. The van der Waals surface area contributed by atoms with Crippen LogP contribution < -0.4 is 0 Å². The van der Waals surface area contributed by atoms with E-state index in [0.717, 1.165) is 45.6 Å². The van der Waals surface area contributed by atoms with Gasteiger partial charge in [-0.2, -0.15) is 0 Å². The Morgan fingerprint density at radius 3 is 1.70 bits per heavy atom. The highest BCUT2D eigenvalue weighted by atomic mass is 16.5. The maximum atomic E-state index is 6.39. The first kappa shape index (κ1) is 35.3. The van der Waals surface area contributed by atoms with Gasteiger partial charge in [-0.3, -0.25) is 0 Å². The highest BCUT2D eigenvalue weighted by Gasteiger charge is 2.26. The number of methoxy groups -OCH3 is 1. The van der Waals surface area contributed by atoms with Crippen LogP contribution in [0.3, 0.4) is 0 Å². The Bertz CT molecular complexity index is 2720. The van der Waals surface area contributed by atoms with Gasteiger partial charge in [0.2, 0.25) is 0 Å². The lowest BCUT2D eigenvalue weighted by Crippen LogP contribution is -2.13. The first-order chi connectivity index (χ1) is 28.2. The molecule has 274 valence electrons. The van der Waals surface area contributed by atoms with Gasteiger partial charge < -0.3 is 9.30 Å². The van der Waals surface area contributed by atoms with E-state index >= 15 is 0 Å². The maximum Gasteiger partial charge on any atom is 0.161 e. The van der Waals surface area contributed by atoms with E-state index in [0.29, 0.717) is 11.7 Å². The number of rotatable bonds is 7. The van der Waals surface area contributed by atoms with Crippen LogP contribution >= 0.6 is 0 Å². The number of allylic oxidation sites excluding steroid dienone is 9. The summed E-state index contributed by atoms with van der Waals surface area (Å²) in [5.74, 6) is 2.10. The van der Waals surface area contributed by atoms with Crippen molar-refractivity contribution >= 4 is 45.4 Å². The number of ether oxygens (including phenoxy) is 1. The van der Waals surface area contributed by atoms with E-state index in [1.165, 1.54) is 33.0 Å². The fourth-order valence-electron chi connectivity index (χ4n) is 7.71. The molecule has 1 aliphatic carbocycles. The zero-order chi connectivity index (χ0) is 38.4. The largest absolute Gasteiger partial charge is 0.498 e. The number of amidine groups is 2. The van der Waals surface area contributed by atoms with Crippen molar-refractivity contribution in [3.63, 3.8) is 0 Å². The van der Waals surface area contributed by atoms with Gasteiger partial charge in [-0.1, -0.05) is 152 Å². The second kappa shape index (κ2) is 16.2. The Kier molecular flexibility index (Phi) is 10.0. The minimum Gasteiger partial charge on any atom is -0.498 e. The lowest BCUT2D eigenvalue weighted by Gasteiger charge is -2.26. The van der Waals surface area contributed by atoms with E-state index in [2.05, 4.69) is 138 Å². The Hall–Kier alpha value is -7.37. The molecule has 1 aromatic heterocycles. The Labute approximate surface area is 333 Å². The molecule has 2 heterocycles. The van der Waals surface area contributed by atoms with Crippen molar-refractivity contribution in [2.24, 2.45) is 15.0 Å². The van der Waals surface area contributed by atoms with Crippen molar-refractivity contribution in [3.05, 3.63) is 223 Å². The number of hydrogen-bond donors (Lipinski definition) is 0. The highest BCUT2D eigenvalue weighted by Crippen LogP contribution is 2.42. The minimum absolute atomic E-state index is 0.00628. The van der Waals surface area contributed by atoms with Crippen molar-refractivity contribution in [1.29, 1.82) is 0 Å². The second-order valence-corrected chi connectivity index (χ2v) is 13.9. The van der Waals surface area contributed by atoms with Crippen molar-refractivity contribution in [1.82, 2.24) is 4.57 Å². The molecule has 57 heavy (non-hydrogen) atoms. The molecule has 0 saturated carbocycles. The van der Waals surface area contributed by atoms with Gasteiger partial charge in [0.25, 0.3) is 0 Å². The van der Waals surface area contributed by atoms with E-state index < -0.39 is 0 Å². The second-order valence-electron chi connectivity index (χ2n) is 13.9. The summed E-state index contributed by atoms with van der Waals surface area (Å²) in [6.45, 7) is 0. The zero-order valence-corrected chi connectivity index (χ0v) is 31.6. The van der Waals surface area contributed by atoms with E-state index in [1.807, 2.05) is 60.7 Å². The van der Waals surface area contributed by atoms with E-state index in [9.17, 15) is 0 Å². The predicted molar refractivity (Wildman–Crippen MR) is 239 cm³/mol. The van der Waals surface area contributed by atoms with Crippen molar-refractivity contribution in [3.8, 4) is 22.3 Å². The quantitative estimate of drug-likeness (QED) is 0.161. The van der Waals surface area contributed by atoms with E-state index in [4.69, 9.17) is 19.7 Å². The smallest absolute Gasteiger partial charge is 0.161 e. The zero-order valence-electron chi connectivity index (χ0n) is 31.6. The topological polar surface area (TPSA) is 51.2 Å². The lowest BCUT2D eigenvalue weighted by atomic mass is 9.88. The van der Waals surface area contributed by atoms with Crippen molar-refractivity contribution in [2.45, 2.75) is 12.3 Å². The Morgan fingerprint density at radius 2 is 1.09 bits per heavy atom. The number of nitrogens with zero attached hydrogens (tertiary/aromatic N) is 4. The standard InChI is InChI=1S/C52H40N4O/c1-57-50-44(39-25-27-41(28-26-39)52-54-34-15-4-2-3-14-33-53-51(55-52)40-21-12-7-13-22-40)23-16-24-49(50)56-47-31-29-42(37-17-8-5-9-18-37)35-45(47)46-36-43(30-32-48(46)56)38-19-10-6-11-20-38/h2-22,24-36,44H,23H2,1H3/b3-2-,4-2?,14-3?,15-4+,33-14-,34-15?,53-33?,53-51-,54-34+,54-52?,55-51?,55-52-. The van der Waals surface area contributed by atoms with Crippen LogP contribution in [0.4, 0.5) is 0 Å². The third-order valence-electron chi connectivity index (χ3n) is 10.5. The van der Waals surface area contributed by atoms with Crippen LogP contribution in [0.25, 0.3) is 49.8 Å². The van der Waals surface area contributed by atoms with Crippen LogP contribution in [0, 0.1) is 0 Å². The van der Waals surface area contributed by atoms with Gasteiger partial charge in [-0.15, -0.1) is 0 Å². The van der Waals surface area contributed by atoms with Gasteiger partial charge >= 0.3 is 0 Å². The van der Waals surface area contributed by atoms with Crippen LogP contribution in [0.1, 0.15) is 29.0 Å². The summed E-state index contributed by atoms with van der Waals surface area (Å²) in [5.41, 5.74) is 11.0. The molecule has 5 nitrogen and oxygen atoms in total. The first-order valence-electron chi connectivity index (χ1n) is 19.2. The number of aliphatic imine (C=N–C) groups is 3. The van der Waals surface area contributed by atoms with Gasteiger partial charge in [-0.25, -0.2) is 15.0 Å². The van der Waals surface area contributed by atoms with Gasteiger partial charge in [-0.05, 0) is 76.7 Å². The molecule has 0 bridgehead atoms. The molecule has 0 saturated heterocycles. The summed E-state index contributed by atoms with van der Waals surface area (Å²) in [7, 11) is 1.79. The van der Waals surface area contributed by atoms with Crippen molar-refractivity contribution < 1.29 is 4.74 Å². The van der Waals surface area contributed by atoms with Crippen LogP contribution in [-0.2, 0) is 4.74 Å². The molecule has 0 N–H and O–H groups in total. The minimum atomic E-state index is 0.00628. The molecule has 9 rings (SSSR count). The predicted octanol–water partition coefficient (Wildman–Crippen LogP) is 12.6. The summed E-state index contributed by atoms with van der Waals surface area (Å²) in [6, 6.07) is 53.3. The third kappa shape index (κ3) is 7.27. The van der Waals surface area contributed by atoms with E-state index in [-0.39, 0.29) is 5.92 Å². The fraction of sp³-hybridized carbons (Fsp3) is 0.0577. The maximum absolute atomic E-state index is 6.39. The van der Waals surface area contributed by atoms with Crippen LogP contribution in [0.15, 0.2) is 221 Å². The first-order valence-corrected chi connectivity index (χ1v) is 19.2. The molecule has 0 fully saturated rings. The van der Waals surface area contributed by atoms with Gasteiger partial charge in [0.1, 0.15) is 5.76 Å². The molecule has 7 aromatic rings. The molecule has 6 aromatic carbocycles. The van der Waals surface area contributed by atoms with E-state index in [1.54, 1.807) is 19.5 Å². The molecule has 0 spiro atoms. The van der Waals surface area contributed by atoms with Crippen LogP contribution in [0.5, 0.6) is 0 Å². The fourth-order valence-corrected chi connectivity index (χ4v) is 7.71. The third-order valence-corrected chi connectivity index (χ3v) is 10.5. The molecular formula is C52H40N4O. The molecular weight excluding hydrogens is 697 g/mol. The molecule has 1 atom stereocenters. The molecule has 1 unspecified atom stereocenters. The Balaban J connectivity index is 1.14. The number of benzene rings is 6. The van der Waals surface area contributed by atoms with Crippen LogP contribution in [0.2, 0.25) is 0 Å².